The lowest BCUT2D eigenvalue weighted by molar-refractivity contribution is -0.139. The first-order chi connectivity index (χ1) is 13.1. The molecule has 1 saturated heterocycles. The summed E-state index contributed by atoms with van der Waals surface area (Å²) in [5.41, 5.74) is 0.408. The van der Waals surface area contributed by atoms with E-state index >= 15 is 0 Å². The van der Waals surface area contributed by atoms with Gasteiger partial charge in [-0.05, 0) is 41.0 Å². The molecule has 1 fully saturated rings. The standard InChI is InChI=1S/C21H23ClN2O3S/c1-20(2,3)10-15-21(12-7-6-11(22)9-13(12)23-19(21)27)16(14-5-4-8-28-14)17(24-15)18(25)26/h4-9,15-17,24H,10H2,1-3H3,(H,23,27)(H,25,26)/t15-,16+,17-,21+/m1/s1. The van der Waals surface area contributed by atoms with Crippen molar-refractivity contribution in [2.45, 2.75) is 50.6 Å². The number of carboxylic acid groups (broad SMARTS) is 1. The zero-order chi connectivity index (χ0) is 20.3. The van der Waals surface area contributed by atoms with Gasteiger partial charge in [0.05, 0.1) is 0 Å². The van der Waals surface area contributed by atoms with E-state index in [-0.39, 0.29) is 17.4 Å². The van der Waals surface area contributed by atoms with Gasteiger partial charge in [-0.2, -0.15) is 0 Å². The number of carbonyl (C=O) groups excluding carboxylic acids is 1. The molecule has 1 spiro atoms. The van der Waals surface area contributed by atoms with Crippen LogP contribution >= 0.6 is 22.9 Å². The van der Waals surface area contributed by atoms with Crippen molar-refractivity contribution in [1.29, 1.82) is 0 Å². The molecular weight excluding hydrogens is 396 g/mol. The van der Waals surface area contributed by atoms with Gasteiger partial charge in [0.1, 0.15) is 11.5 Å². The molecule has 3 N–H and O–H groups in total. The van der Waals surface area contributed by atoms with E-state index in [1.807, 2.05) is 23.6 Å². The van der Waals surface area contributed by atoms with Crippen LogP contribution in [0.2, 0.25) is 5.02 Å². The Morgan fingerprint density at radius 2 is 2.07 bits per heavy atom. The summed E-state index contributed by atoms with van der Waals surface area (Å²) in [7, 11) is 0. The van der Waals surface area contributed by atoms with E-state index in [0.717, 1.165) is 10.4 Å². The number of amides is 1. The zero-order valence-corrected chi connectivity index (χ0v) is 17.5. The van der Waals surface area contributed by atoms with Crippen molar-refractivity contribution in [2.24, 2.45) is 5.41 Å². The van der Waals surface area contributed by atoms with E-state index in [9.17, 15) is 14.7 Å². The predicted molar refractivity (Wildman–Crippen MR) is 111 cm³/mol. The fraction of sp³-hybridized carbons (Fsp3) is 0.429. The molecule has 1 aromatic heterocycles. The molecule has 0 bridgehead atoms. The zero-order valence-electron chi connectivity index (χ0n) is 16.0. The van der Waals surface area contributed by atoms with Gasteiger partial charge in [0.15, 0.2) is 0 Å². The number of benzene rings is 1. The third kappa shape index (κ3) is 2.86. The molecule has 4 atom stereocenters. The Kier molecular flexibility index (Phi) is 4.56. The van der Waals surface area contributed by atoms with Crippen molar-refractivity contribution in [3.8, 4) is 0 Å². The Bertz CT molecular complexity index is 938. The lowest BCUT2D eigenvalue weighted by Crippen LogP contribution is -2.49. The van der Waals surface area contributed by atoms with Gasteiger partial charge >= 0.3 is 5.97 Å². The van der Waals surface area contributed by atoms with Crippen LogP contribution in [0, 0.1) is 5.41 Å². The molecule has 4 rings (SSSR count). The first-order valence-corrected chi connectivity index (χ1v) is 10.5. The predicted octanol–water partition coefficient (Wildman–Crippen LogP) is 4.24. The maximum Gasteiger partial charge on any atom is 0.321 e. The van der Waals surface area contributed by atoms with Gasteiger partial charge in [0.25, 0.3) is 0 Å². The van der Waals surface area contributed by atoms with Crippen molar-refractivity contribution in [2.75, 3.05) is 5.32 Å². The van der Waals surface area contributed by atoms with Crippen molar-refractivity contribution < 1.29 is 14.7 Å². The lowest BCUT2D eigenvalue weighted by Gasteiger charge is -2.37. The third-order valence-corrected chi connectivity index (χ3v) is 6.93. The summed E-state index contributed by atoms with van der Waals surface area (Å²) in [6.45, 7) is 6.31. The molecule has 0 radical (unpaired) electrons. The van der Waals surface area contributed by atoms with Crippen LogP contribution in [-0.2, 0) is 15.0 Å². The number of hydrogen-bond acceptors (Lipinski definition) is 4. The Hall–Kier alpha value is -1.89. The van der Waals surface area contributed by atoms with Crippen LogP contribution in [0.4, 0.5) is 5.69 Å². The fourth-order valence-corrected chi connectivity index (χ4v) is 5.92. The Labute approximate surface area is 173 Å². The van der Waals surface area contributed by atoms with Gasteiger partial charge in [0.2, 0.25) is 5.91 Å². The monoisotopic (exact) mass is 418 g/mol. The molecule has 148 valence electrons. The van der Waals surface area contributed by atoms with Crippen LogP contribution in [0.15, 0.2) is 35.7 Å². The highest BCUT2D eigenvalue weighted by Crippen LogP contribution is 2.57. The van der Waals surface area contributed by atoms with Gasteiger partial charge in [-0.15, -0.1) is 11.3 Å². The summed E-state index contributed by atoms with van der Waals surface area (Å²) < 4.78 is 0. The van der Waals surface area contributed by atoms with E-state index in [1.165, 1.54) is 11.3 Å². The SMILES string of the molecule is CC(C)(C)C[C@H]1N[C@@H](C(=O)O)[C@H](c2cccs2)[C@@]12C(=O)Nc1cc(Cl)ccc12. The summed E-state index contributed by atoms with van der Waals surface area (Å²) >= 11 is 7.66. The summed E-state index contributed by atoms with van der Waals surface area (Å²) in [4.78, 5) is 26.7. The molecule has 0 unspecified atom stereocenters. The Balaban J connectivity index is 1.98. The number of nitrogens with one attached hydrogen (secondary N) is 2. The second-order valence-corrected chi connectivity index (χ2v) is 10.2. The molecular formula is C21H23ClN2O3S. The van der Waals surface area contributed by atoms with E-state index in [2.05, 4.69) is 31.4 Å². The number of carboxylic acids is 1. The highest BCUT2D eigenvalue weighted by molar-refractivity contribution is 7.10. The summed E-state index contributed by atoms with van der Waals surface area (Å²) in [6, 6.07) is 8.06. The number of thiophene rings is 1. The van der Waals surface area contributed by atoms with Crippen LogP contribution in [-0.4, -0.2) is 29.1 Å². The number of carbonyl (C=O) groups is 2. The number of halogens is 1. The van der Waals surface area contributed by atoms with Crippen molar-refractivity contribution in [3.63, 3.8) is 0 Å². The van der Waals surface area contributed by atoms with Crippen LogP contribution in [0.25, 0.3) is 0 Å². The number of hydrogen-bond donors (Lipinski definition) is 3. The first kappa shape index (κ1) is 19.4. The molecule has 3 heterocycles. The van der Waals surface area contributed by atoms with Gasteiger partial charge in [-0.1, -0.05) is 44.5 Å². The number of fused-ring (bicyclic) bond motifs is 2. The minimum Gasteiger partial charge on any atom is -0.480 e. The highest BCUT2D eigenvalue weighted by atomic mass is 35.5. The molecule has 28 heavy (non-hydrogen) atoms. The third-order valence-electron chi connectivity index (χ3n) is 5.74. The minimum atomic E-state index is -0.999. The number of anilines is 1. The van der Waals surface area contributed by atoms with Crippen LogP contribution < -0.4 is 10.6 Å². The van der Waals surface area contributed by atoms with Crippen molar-refractivity contribution >= 4 is 40.5 Å². The van der Waals surface area contributed by atoms with Crippen LogP contribution in [0.5, 0.6) is 0 Å². The molecule has 7 heteroatoms. The van der Waals surface area contributed by atoms with E-state index < -0.39 is 23.3 Å². The van der Waals surface area contributed by atoms with Crippen molar-refractivity contribution in [3.05, 3.63) is 51.2 Å². The average molecular weight is 419 g/mol. The average Bonchev–Trinajstić information content (AvgIpc) is 3.25. The Morgan fingerprint density at radius 1 is 1.32 bits per heavy atom. The van der Waals surface area contributed by atoms with Crippen molar-refractivity contribution in [1.82, 2.24) is 5.32 Å². The van der Waals surface area contributed by atoms with Gasteiger partial charge in [0, 0.05) is 27.5 Å². The van der Waals surface area contributed by atoms with Crippen LogP contribution in [0.1, 0.15) is 43.6 Å². The van der Waals surface area contributed by atoms with E-state index in [0.29, 0.717) is 17.1 Å². The lowest BCUT2D eigenvalue weighted by atomic mass is 9.64. The number of rotatable bonds is 3. The van der Waals surface area contributed by atoms with Gasteiger partial charge in [-0.3, -0.25) is 14.9 Å². The second kappa shape index (κ2) is 6.58. The second-order valence-electron chi connectivity index (χ2n) is 8.81. The summed E-state index contributed by atoms with van der Waals surface area (Å²) in [5, 5.41) is 18.8. The molecule has 2 aliphatic heterocycles. The molecule has 1 amide bonds. The summed E-state index contributed by atoms with van der Waals surface area (Å²) in [5.74, 6) is -1.60. The highest BCUT2D eigenvalue weighted by Gasteiger charge is 2.66. The van der Waals surface area contributed by atoms with Crippen LogP contribution in [0.3, 0.4) is 0 Å². The first-order valence-electron chi connectivity index (χ1n) is 9.28. The maximum absolute atomic E-state index is 13.6. The normalized spacial score (nSPS) is 29.1. The fourth-order valence-electron chi connectivity index (χ4n) is 4.81. The quantitative estimate of drug-likeness (QED) is 0.696. The van der Waals surface area contributed by atoms with E-state index in [1.54, 1.807) is 12.1 Å². The molecule has 2 aromatic rings. The molecule has 1 aromatic carbocycles. The van der Waals surface area contributed by atoms with E-state index in [4.69, 9.17) is 11.6 Å². The molecule has 2 aliphatic rings. The topological polar surface area (TPSA) is 78.4 Å². The summed E-state index contributed by atoms with van der Waals surface area (Å²) in [6.07, 6.45) is 0.661. The largest absolute Gasteiger partial charge is 0.480 e. The maximum atomic E-state index is 13.6. The Morgan fingerprint density at radius 3 is 2.68 bits per heavy atom. The van der Waals surface area contributed by atoms with Gasteiger partial charge in [-0.25, -0.2) is 0 Å². The van der Waals surface area contributed by atoms with Gasteiger partial charge < -0.3 is 10.4 Å². The molecule has 0 saturated carbocycles. The smallest absolute Gasteiger partial charge is 0.321 e. The molecule has 0 aliphatic carbocycles. The minimum absolute atomic E-state index is 0.0898. The molecule has 5 nitrogen and oxygen atoms in total. The number of aliphatic carboxylic acids is 1.